The molecule has 1 aromatic heterocycles. The first-order chi connectivity index (χ1) is 10.1. The van der Waals surface area contributed by atoms with E-state index in [0.29, 0.717) is 13.1 Å². The molecule has 0 bridgehead atoms. The van der Waals surface area contributed by atoms with Crippen LogP contribution in [0.5, 0.6) is 0 Å². The zero-order valence-corrected chi connectivity index (χ0v) is 13.5. The number of benzene rings is 1. The van der Waals surface area contributed by atoms with Gasteiger partial charge in [0.05, 0.1) is 12.3 Å². The van der Waals surface area contributed by atoms with Crippen LogP contribution in [-0.4, -0.2) is 33.4 Å². The average Bonchev–Trinajstić information content (AvgIpc) is 2.87. The first kappa shape index (κ1) is 15.8. The molecule has 1 aromatic carbocycles. The van der Waals surface area contributed by atoms with Crippen molar-refractivity contribution in [1.82, 2.24) is 14.7 Å². The molecule has 2 rings (SSSR count). The third-order valence-electron chi connectivity index (χ3n) is 3.13. The van der Waals surface area contributed by atoms with Crippen molar-refractivity contribution in [1.29, 1.82) is 0 Å². The van der Waals surface area contributed by atoms with Gasteiger partial charge in [-0.1, -0.05) is 34.0 Å². The number of hydrogen-bond acceptors (Lipinski definition) is 3. The van der Waals surface area contributed by atoms with Gasteiger partial charge >= 0.3 is 0 Å². The molecule has 0 saturated heterocycles. The van der Waals surface area contributed by atoms with Crippen LogP contribution in [0.25, 0.3) is 0 Å². The maximum Gasteiger partial charge on any atom is 0.101 e. The first-order valence-corrected chi connectivity index (χ1v) is 7.44. The fourth-order valence-corrected chi connectivity index (χ4v) is 2.39. The first-order valence-electron chi connectivity index (χ1n) is 6.65. The molecule has 0 saturated carbocycles. The molecule has 0 fully saturated rings. The van der Waals surface area contributed by atoms with Gasteiger partial charge < -0.3 is 5.11 Å². The molecule has 2 aromatic rings. The maximum atomic E-state index is 10.2. The van der Waals surface area contributed by atoms with Crippen LogP contribution in [0.1, 0.15) is 17.2 Å². The van der Waals surface area contributed by atoms with Crippen molar-refractivity contribution >= 4 is 15.9 Å². The van der Waals surface area contributed by atoms with Crippen molar-refractivity contribution in [3.05, 3.63) is 52.3 Å². The molecule has 1 heterocycles. The van der Waals surface area contributed by atoms with Crippen LogP contribution in [0.2, 0.25) is 0 Å². The Morgan fingerprint density at radius 3 is 2.81 bits per heavy atom. The Kier molecular flexibility index (Phi) is 5.57. The van der Waals surface area contributed by atoms with Gasteiger partial charge in [0.2, 0.25) is 0 Å². The SMILES string of the molecule is C#CCn1cc(CN(C)CC(O)c2ccc(Br)cc2)cn1. The lowest BCUT2D eigenvalue weighted by molar-refractivity contribution is 0.124. The zero-order valence-electron chi connectivity index (χ0n) is 11.9. The summed E-state index contributed by atoms with van der Waals surface area (Å²) in [6.07, 6.45) is 8.48. The molecule has 1 N–H and O–H groups in total. The van der Waals surface area contributed by atoms with Gasteiger partial charge in [0, 0.05) is 29.3 Å². The summed E-state index contributed by atoms with van der Waals surface area (Å²) in [5.74, 6) is 2.55. The van der Waals surface area contributed by atoms with Crippen LogP contribution in [0, 0.1) is 12.3 Å². The molecule has 0 radical (unpaired) electrons. The number of aliphatic hydroxyl groups is 1. The highest BCUT2D eigenvalue weighted by molar-refractivity contribution is 9.10. The summed E-state index contributed by atoms with van der Waals surface area (Å²) in [7, 11) is 1.97. The molecule has 5 heteroatoms. The standard InChI is InChI=1S/C16H18BrN3O/c1-3-8-20-11-13(9-18-20)10-19(2)12-16(21)14-4-6-15(17)7-5-14/h1,4-7,9,11,16,21H,8,10,12H2,2H3. The molecule has 0 spiro atoms. The topological polar surface area (TPSA) is 41.3 Å². The van der Waals surface area contributed by atoms with Gasteiger partial charge in [-0.2, -0.15) is 5.10 Å². The average molecular weight is 348 g/mol. The fraction of sp³-hybridized carbons (Fsp3) is 0.312. The van der Waals surface area contributed by atoms with Crippen LogP contribution >= 0.6 is 15.9 Å². The van der Waals surface area contributed by atoms with Crippen LogP contribution in [0.3, 0.4) is 0 Å². The van der Waals surface area contributed by atoms with E-state index in [2.05, 4.69) is 31.8 Å². The minimum absolute atomic E-state index is 0.477. The number of halogens is 1. The van der Waals surface area contributed by atoms with Gasteiger partial charge in [0.25, 0.3) is 0 Å². The van der Waals surface area contributed by atoms with Crippen molar-refractivity contribution in [2.24, 2.45) is 0 Å². The van der Waals surface area contributed by atoms with Crippen molar-refractivity contribution in [2.75, 3.05) is 13.6 Å². The van der Waals surface area contributed by atoms with Crippen LogP contribution in [-0.2, 0) is 13.1 Å². The Bertz CT molecular complexity index is 615. The van der Waals surface area contributed by atoms with Gasteiger partial charge in [-0.3, -0.25) is 9.58 Å². The lowest BCUT2D eigenvalue weighted by atomic mass is 10.1. The second-order valence-electron chi connectivity index (χ2n) is 5.01. The van der Waals surface area contributed by atoms with Gasteiger partial charge in [-0.25, -0.2) is 0 Å². The largest absolute Gasteiger partial charge is 0.387 e. The van der Waals surface area contributed by atoms with Gasteiger partial charge in [-0.05, 0) is 24.7 Å². The number of nitrogens with zero attached hydrogens (tertiary/aromatic N) is 3. The number of aliphatic hydroxyl groups excluding tert-OH is 1. The highest BCUT2D eigenvalue weighted by Crippen LogP contribution is 2.18. The molecule has 0 amide bonds. The number of terminal acetylenes is 1. The second kappa shape index (κ2) is 7.41. The molecule has 21 heavy (non-hydrogen) atoms. The summed E-state index contributed by atoms with van der Waals surface area (Å²) in [6, 6.07) is 7.71. The summed E-state index contributed by atoms with van der Waals surface area (Å²) in [5.41, 5.74) is 1.99. The Morgan fingerprint density at radius 2 is 2.14 bits per heavy atom. The van der Waals surface area contributed by atoms with E-state index >= 15 is 0 Å². The van der Waals surface area contributed by atoms with E-state index in [0.717, 1.165) is 22.1 Å². The van der Waals surface area contributed by atoms with E-state index in [1.807, 2.05) is 37.5 Å². The Balaban J connectivity index is 1.89. The molecule has 0 aliphatic carbocycles. The Labute approximate surface area is 133 Å². The van der Waals surface area contributed by atoms with Crippen LogP contribution < -0.4 is 0 Å². The second-order valence-corrected chi connectivity index (χ2v) is 5.93. The van der Waals surface area contributed by atoms with Crippen molar-refractivity contribution in [2.45, 2.75) is 19.2 Å². The molecule has 4 nitrogen and oxygen atoms in total. The van der Waals surface area contributed by atoms with Crippen LogP contribution in [0.15, 0.2) is 41.1 Å². The van der Waals surface area contributed by atoms with E-state index in [1.165, 1.54) is 0 Å². The summed E-state index contributed by atoms with van der Waals surface area (Å²) in [4.78, 5) is 2.06. The highest BCUT2D eigenvalue weighted by Gasteiger charge is 2.11. The highest BCUT2D eigenvalue weighted by atomic mass is 79.9. The predicted octanol–water partition coefficient (Wildman–Crippen LogP) is 2.44. The van der Waals surface area contributed by atoms with Gasteiger partial charge in [-0.15, -0.1) is 6.42 Å². The number of hydrogen-bond donors (Lipinski definition) is 1. The van der Waals surface area contributed by atoms with Crippen molar-refractivity contribution in [3.63, 3.8) is 0 Å². The molecule has 0 aliphatic heterocycles. The minimum atomic E-state index is -0.510. The van der Waals surface area contributed by atoms with E-state index < -0.39 is 6.10 Å². The molecule has 1 atom stereocenters. The smallest absolute Gasteiger partial charge is 0.101 e. The minimum Gasteiger partial charge on any atom is -0.387 e. The molecular formula is C16H18BrN3O. The Morgan fingerprint density at radius 1 is 1.43 bits per heavy atom. The molecular weight excluding hydrogens is 330 g/mol. The number of likely N-dealkylation sites (N-methyl/N-ethyl adjacent to an activating group) is 1. The summed E-state index contributed by atoms with van der Waals surface area (Å²) >= 11 is 3.39. The predicted molar refractivity (Wildman–Crippen MR) is 86.5 cm³/mol. The van der Waals surface area contributed by atoms with Crippen molar-refractivity contribution in [3.8, 4) is 12.3 Å². The normalized spacial score (nSPS) is 12.3. The summed E-state index contributed by atoms with van der Waals surface area (Å²) < 4.78 is 2.74. The number of aromatic nitrogens is 2. The number of rotatable bonds is 6. The molecule has 110 valence electrons. The fourth-order valence-electron chi connectivity index (χ4n) is 2.13. The quantitative estimate of drug-likeness (QED) is 0.816. The summed E-state index contributed by atoms with van der Waals surface area (Å²) in [5, 5.41) is 14.4. The van der Waals surface area contributed by atoms with E-state index in [4.69, 9.17) is 6.42 Å². The summed E-state index contributed by atoms with van der Waals surface area (Å²) in [6.45, 7) is 1.76. The third-order valence-corrected chi connectivity index (χ3v) is 3.66. The zero-order chi connectivity index (χ0) is 15.2. The van der Waals surface area contributed by atoms with E-state index in [-0.39, 0.29) is 0 Å². The maximum absolute atomic E-state index is 10.2. The molecule has 1 unspecified atom stereocenters. The third kappa shape index (κ3) is 4.71. The van der Waals surface area contributed by atoms with Gasteiger partial charge in [0.1, 0.15) is 6.54 Å². The van der Waals surface area contributed by atoms with Crippen LogP contribution in [0.4, 0.5) is 0 Å². The van der Waals surface area contributed by atoms with E-state index in [1.54, 1.807) is 10.9 Å². The Hall–Kier alpha value is -1.61. The van der Waals surface area contributed by atoms with Crippen molar-refractivity contribution < 1.29 is 5.11 Å². The lowest BCUT2D eigenvalue weighted by Crippen LogP contribution is -2.24. The monoisotopic (exact) mass is 347 g/mol. The lowest BCUT2D eigenvalue weighted by Gasteiger charge is -2.20. The van der Waals surface area contributed by atoms with Gasteiger partial charge in [0.15, 0.2) is 0 Å². The molecule has 0 aliphatic rings. The van der Waals surface area contributed by atoms with E-state index in [9.17, 15) is 5.11 Å².